The van der Waals surface area contributed by atoms with Crippen molar-refractivity contribution in [2.75, 3.05) is 12.4 Å². The summed E-state index contributed by atoms with van der Waals surface area (Å²) in [7, 11) is 0. The first-order valence-electron chi connectivity index (χ1n) is 3.57. The Morgan fingerprint density at radius 1 is 1.44 bits per heavy atom. The Morgan fingerprint density at radius 2 is 2.00 bits per heavy atom. The minimum absolute atomic E-state index is 0.641. The third-order valence-corrected chi connectivity index (χ3v) is 1.79. The number of rotatable bonds is 4. The van der Waals surface area contributed by atoms with Gasteiger partial charge in [0.1, 0.15) is 0 Å². The maximum absolute atomic E-state index is 4.21. The van der Waals surface area contributed by atoms with E-state index in [1.807, 2.05) is 0 Å². The zero-order valence-electron chi connectivity index (χ0n) is 6.59. The molecule has 0 radical (unpaired) electrons. The minimum Gasteiger partial charge on any atom is -0.292 e. The summed E-state index contributed by atoms with van der Waals surface area (Å²) >= 11 is 4.21. The molecule has 0 aliphatic heterocycles. The van der Waals surface area contributed by atoms with Crippen molar-refractivity contribution in [3.63, 3.8) is 0 Å². The van der Waals surface area contributed by atoms with Gasteiger partial charge in [-0.2, -0.15) is 12.6 Å². The van der Waals surface area contributed by atoms with Crippen LogP contribution in [0.5, 0.6) is 0 Å². The molecule has 0 aliphatic rings. The average Bonchev–Trinajstić information content (AvgIpc) is 1.82. The second-order valence-electron chi connectivity index (χ2n) is 2.55. The molecule has 0 saturated carbocycles. The van der Waals surface area contributed by atoms with Crippen LogP contribution in [0.2, 0.25) is 0 Å². The van der Waals surface area contributed by atoms with Gasteiger partial charge in [-0.25, -0.2) is 0 Å². The predicted octanol–water partition coefficient (Wildman–Crippen LogP) is 1.99. The molecule has 0 atom stereocenters. The highest BCUT2D eigenvalue weighted by atomic mass is 32.1. The molecule has 9 heavy (non-hydrogen) atoms. The largest absolute Gasteiger partial charge is 0.292 e. The van der Waals surface area contributed by atoms with Crippen LogP contribution in [0, 0.1) is 0 Å². The summed E-state index contributed by atoms with van der Waals surface area (Å²) in [6.07, 6.45) is 1.22. The molecule has 0 fully saturated rings. The molecule has 0 aromatic rings. The highest BCUT2D eigenvalue weighted by Crippen LogP contribution is 1.99. The Balaban J connectivity index is 3.41. The van der Waals surface area contributed by atoms with E-state index in [0.717, 1.165) is 5.88 Å². The Bertz CT molecular complexity index is 63.9. The van der Waals surface area contributed by atoms with Crippen LogP contribution >= 0.6 is 12.6 Å². The zero-order chi connectivity index (χ0) is 7.28. The average molecular weight is 147 g/mol. The quantitative estimate of drug-likeness (QED) is 0.470. The molecular formula is C7H17NS. The molecule has 0 unspecified atom stereocenters. The molecule has 0 saturated heterocycles. The first-order chi connectivity index (χ1) is 4.22. The molecule has 0 aromatic carbocycles. The lowest BCUT2D eigenvalue weighted by Gasteiger charge is -2.22. The number of hydrogen-bond donors (Lipinski definition) is 1. The van der Waals surface area contributed by atoms with Crippen LogP contribution in [-0.2, 0) is 0 Å². The number of thiol groups is 1. The lowest BCUT2D eigenvalue weighted by Crippen LogP contribution is -2.30. The first-order valence-corrected chi connectivity index (χ1v) is 4.20. The van der Waals surface area contributed by atoms with Crippen LogP contribution in [0.15, 0.2) is 0 Å². The molecule has 0 amide bonds. The van der Waals surface area contributed by atoms with E-state index >= 15 is 0 Å². The van der Waals surface area contributed by atoms with Gasteiger partial charge in [0.05, 0.1) is 0 Å². The third-order valence-electron chi connectivity index (χ3n) is 1.42. The molecular weight excluding hydrogens is 130 g/mol. The van der Waals surface area contributed by atoms with Crippen molar-refractivity contribution in [1.82, 2.24) is 4.90 Å². The molecule has 0 aliphatic carbocycles. The summed E-state index contributed by atoms with van der Waals surface area (Å²) in [6, 6.07) is 0.641. The summed E-state index contributed by atoms with van der Waals surface area (Å²) in [5.74, 6) is 0.880. The van der Waals surface area contributed by atoms with E-state index in [4.69, 9.17) is 0 Å². The second kappa shape index (κ2) is 5.12. The van der Waals surface area contributed by atoms with Gasteiger partial charge in [-0.3, -0.25) is 4.90 Å². The fourth-order valence-electron chi connectivity index (χ4n) is 0.779. The smallest absolute Gasteiger partial charge is 0.0416 e. The van der Waals surface area contributed by atoms with Gasteiger partial charge in [0.25, 0.3) is 0 Å². The van der Waals surface area contributed by atoms with Crippen molar-refractivity contribution in [1.29, 1.82) is 0 Å². The van der Waals surface area contributed by atoms with Gasteiger partial charge in [-0.05, 0) is 26.8 Å². The molecule has 0 spiro atoms. The molecule has 0 aromatic heterocycles. The van der Waals surface area contributed by atoms with Crippen LogP contribution in [0.25, 0.3) is 0 Å². The summed E-state index contributed by atoms with van der Waals surface area (Å²) in [4.78, 5) is 2.34. The summed E-state index contributed by atoms with van der Waals surface area (Å²) in [6.45, 7) is 7.76. The third kappa shape index (κ3) is 3.82. The van der Waals surface area contributed by atoms with E-state index in [-0.39, 0.29) is 0 Å². The van der Waals surface area contributed by atoms with Gasteiger partial charge in [0.15, 0.2) is 0 Å². The van der Waals surface area contributed by atoms with Crippen LogP contribution < -0.4 is 0 Å². The fraction of sp³-hybridized carbons (Fsp3) is 1.00. The van der Waals surface area contributed by atoms with Crippen molar-refractivity contribution >= 4 is 12.6 Å². The highest BCUT2D eigenvalue weighted by Gasteiger charge is 2.03. The van der Waals surface area contributed by atoms with E-state index in [2.05, 4.69) is 38.3 Å². The van der Waals surface area contributed by atoms with Gasteiger partial charge < -0.3 is 0 Å². The van der Waals surface area contributed by atoms with E-state index in [1.54, 1.807) is 0 Å². The Morgan fingerprint density at radius 3 is 2.11 bits per heavy atom. The normalized spacial score (nSPS) is 11.3. The Kier molecular flexibility index (Phi) is 5.30. The molecule has 1 nitrogen and oxygen atoms in total. The van der Waals surface area contributed by atoms with E-state index in [9.17, 15) is 0 Å². The zero-order valence-corrected chi connectivity index (χ0v) is 7.49. The van der Waals surface area contributed by atoms with Crippen molar-refractivity contribution < 1.29 is 0 Å². The van der Waals surface area contributed by atoms with Crippen LogP contribution in [-0.4, -0.2) is 23.4 Å². The molecule has 0 heterocycles. The van der Waals surface area contributed by atoms with Crippen molar-refractivity contribution in [3.8, 4) is 0 Å². The first kappa shape index (κ1) is 9.31. The van der Waals surface area contributed by atoms with Gasteiger partial charge in [-0.15, -0.1) is 0 Å². The molecule has 0 rings (SSSR count). The maximum atomic E-state index is 4.21. The van der Waals surface area contributed by atoms with E-state index in [0.29, 0.717) is 6.04 Å². The lowest BCUT2D eigenvalue weighted by molar-refractivity contribution is 0.263. The second-order valence-corrected chi connectivity index (χ2v) is 2.83. The summed E-state index contributed by atoms with van der Waals surface area (Å²) in [5.41, 5.74) is 0. The van der Waals surface area contributed by atoms with Crippen molar-refractivity contribution in [2.24, 2.45) is 0 Å². The Hall–Kier alpha value is 0.310. The summed E-state index contributed by atoms with van der Waals surface area (Å²) < 4.78 is 0. The fourth-order valence-corrected chi connectivity index (χ4v) is 1.25. The van der Waals surface area contributed by atoms with E-state index in [1.165, 1.54) is 13.0 Å². The van der Waals surface area contributed by atoms with Gasteiger partial charge in [0, 0.05) is 11.9 Å². The SMILES string of the molecule is CCCN(CS)C(C)C. The molecule has 2 heteroatoms. The van der Waals surface area contributed by atoms with Crippen LogP contribution in [0.4, 0.5) is 0 Å². The standard InChI is InChI=1S/C7H17NS/c1-4-5-8(6-9)7(2)3/h7,9H,4-6H2,1-3H3. The molecule has 0 bridgehead atoms. The predicted molar refractivity (Wildman–Crippen MR) is 46.0 cm³/mol. The Labute approximate surface area is 63.8 Å². The number of hydrogen-bond acceptors (Lipinski definition) is 2. The molecule has 0 N–H and O–H groups in total. The number of nitrogens with zero attached hydrogens (tertiary/aromatic N) is 1. The minimum atomic E-state index is 0.641. The van der Waals surface area contributed by atoms with Crippen molar-refractivity contribution in [3.05, 3.63) is 0 Å². The topological polar surface area (TPSA) is 3.24 Å². The monoisotopic (exact) mass is 147 g/mol. The van der Waals surface area contributed by atoms with Gasteiger partial charge in [-0.1, -0.05) is 6.92 Å². The van der Waals surface area contributed by atoms with Crippen LogP contribution in [0.3, 0.4) is 0 Å². The lowest BCUT2D eigenvalue weighted by atomic mass is 10.3. The summed E-state index contributed by atoms with van der Waals surface area (Å²) in [5, 5.41) is 0. The maximum Gasteiger partial charge on any atom is 0.0416 e. The van der Waals surface area contributed by atoms with Gasteiger partial charge in [0.2, 0.25) is 0 Å². The highest BCUT2D eigenvalue weighted by molar-refractivity contribution is 7.80. The van der Waals surface area contributed by atoms with E-state index < -0.39 is 0 Å². The van der Waals surface area contributed by atoms with Crippen molar-refractivity contribution in [2.45, 2.75) is 33.2 Å². The van der Waals surface area contributed by atoms with Crippen LogP contribution in [0.1, 0.15) is 27.2 Å². The molecule has 56 valence electrons. The van der Waals surface area contributed by atoms with Gasteiger partial charge >= 0.3 is 0 Å².